The zero-order valence-electron chi connectivity index (χ0n) is 10.7. The summed E-state index contributed by atoms with van der Waals surface area (Å²) in [6.45, 7) is 0.370. The van der Waals surface area contributed by atoms with E-state index < -0.39 is 0 Å². The van der Waals surface area contributed by atoms with E-state index in [0.717, 1.165) is 11.8 Å². The van der Waals surface area contributed by atoms with E-state index in [1.807, 2.05) is 0 Å². The highest BCUT2D eigenvalue weighted by Gasteiger charge is 2.09. The van der Waals surface area contributed by atoms with E-state index in [4.69, 9.17) is 23.8 Å². The van der Waals surface area contributed by atoms with Gasteiger partial charge in [-0.1, -0.05) is 17.7 Å². The molecule has 0 bridgehead atoms. The van der Waals surface area contributed by atoms with Gasteiger partial charge in [0.05, 0.1) is 12.1 Å². The summed E-state index contributed by atoms with van der Waals surface area (Å²) >= 11 is 11.1. The van der Waals surface area contributed by atoms with E-state index in [9.17, 15) is 9.59 Å². The largest absolute Gasteiger partial charge is 0.355 e. The minimum Gasteiger partial charge on any atom is -0.355 e. The molecule has 0 amide bonds. The summed E-state index contributed by atoms with van der Waals surface area (Å²) < 4.78 is 2.07. The molecule has 2 N–H and O–H groups in total. The summed E-state index contributed by atoms with van der Waals surface area (Å²) in [5, 5.41) is 0.498. The molecule has 0 saturated heterocycles. The number of nitrogens with one attached hydrogen (secondary N) is 2. The molecular weight excluding hydrogens is 310 g/mol. The molecule has 0 spiro atoms. The van der Waals surface area contributed by atoms with Crippen molar-refractivity contribution in [1.82, 2.24) is 14.5 Å². The van der Waals surface area contributed by atoms with Crippen LogP contribution in [0.5, 0.6) is 0 Å². The number of halogens is 1. The van der Waals surface area contributed by atoms with Crippen LogP contribution in [0.15, 0.2) is 35.3 Å². The third-order valence-electron chi connectivity index (χ3n) is 3.27. The Kier molecular flexibility index (Phi) is 3.48. The summed E-state index contributed by atoms with van der Waals surface area (Å²) in [7, 11) is 0. The van der Waals surface area contributed by atoms with Gasteiger partial charge in [-0.05, 0) is 36.0 Å². The minimum absolute atomic E-state index is 0.261. The fourth-order valence-electron chi connectivity index (χ4n) is 2.25. The maximum atomic E-state index is 11.8. The Morgan fingerprint density at radius 2 is 2.14 bits per heavy atom. The van der Waals surface area contributed by atoms with Crippen molar-refractivity contribution in [2.24, 2.45) is 0 Å². The molecule has 0 aliphatic rings. The van der Waals surface area contributed by atoms with Crippen LogP contribution in [0.1, 0.15) is 15.9 Å². The van der Waals surface area contributed by atoms with Crippen LogP contribution in [0.2, 0.25) is 5.02 Å². The lowest BCUT2D eigenvalue weighted by Crippen LogP contribution is -2.15. The number of benzene rings is 1. The first-order chi connectivity index (χ1) is 10.1. The Morgan fingerprint density at radius 3 is 2.90 bits per heavy atom. The zero-order valence-corrected chi connectivity index (χ0v) is 12.3. The minimum atomic E-state index is -0.261. The van der Waals surface area contributed by atoms with Crippen LogP contribution in [0.3, 0.4) is 0 Å². The van der Waals surface area contributed by atoms with E-state index in [2.05, 4.69) is 9.97 Å². The van der Waals surface area contributed by atoms with Crippen LogP contribution in [-0.2, 0) is 6.54 Å². The molecular formula is C14H10ClN3O2S. The zero-order chi connectivity index (χ0) is 15.0. The number of H-pyrrole nitrogens is 2. The Balaban J connectivity index is 2.19. The number of fused-ring (bicyclic) bond motifs is 1. The van der Waals surface area contributed by atoms with Gasteiger partial charge in [0, 0.05) is 16.8 Å². The quantitative estimate of drug-likeness (QED) is 0.576. The molecule has 0 aliphatic carbocycles. The fraction of sp³-hybridized carbons (Fsp3) is 0.0714. The molecule has 3 rings (SSSR count). The van der Waals surface area contributed by atoms with Crippen molar-refractivity contribution in [2.45, 2.75) is 6.54 Å². The van der Waals surface area contributed by atoms with Crippen LogP contribution in [0.25, 0.3) is 11.0 Å². The van der Waals surface area contributed by atoms with E-state index in [-0.39, 0.29) is 5.56 Å². The summed E-state index contributed by atoms with van der Waals surface area (Å²) in [6.07, 6.45) is 2.43. The first kappa shape index (κ1) is 13.8. The van der Waals surface area contributed by atoms with Gasteiger partial charge in [0.15, 0.2) is 4.77 Å². The fourth-order valence-corrected chi connectivity index (χ4v) is 2.69. The molecule has 0 atom stereocenters. The standard InChI is InChI=1S/C14H10ClN3O2S/c15-10-2-1-8(9(5-10)7-19)6-18-11-3-4-16-12(11)13(20)17-14(18)21/h1-5,7,16H,6H2,(H,17,20,21). The lowest BCUT2D eigenvalue weighted by molar-refractivity contribution is 0.112. The molecule has 3 aromatic rings. The highest BCUT2D eigenvalue weighted by atomic mass is 35.5. The van der Waals surface area contributed by atoms with Gasteiger partial charge in [0.25, 0.3) is 5.56 Å². The number of aromatic nitrogens is 3. The first-order valence-electron chi connectivity index (χ1n) is 6.14. The number of carbonyl (C=O) groups is 1. The molecule has 2 aromatic heterocycles. The third-order valence-corrected chi connectivity index (χ3v) is 3.83. The number of rotatable bonds is 3. The molecule has 106 valence electrons. The van der Waals surface area contributed by atoms with Crippen molar-refractivity contribution >= 4 is 41.1 Å². The molecule has 0 fully saturated rings. The Morgan fingerprint density at radius 1 is 1.33 bits per heavy atom. The number of hydrogen-bond donors (Lipinski definition) is 2. The monoisotopic (exact) mass is 319 g/mol. The topological polar surface area (TPSA) is 70.7 Å². The molecule has 0 saturated carbocycles. The number of carbonyl (C=O) groups excluding carboxylic acids is 1. The molecule has 0 aliphatic heterocycles. The predicted octanol–water partition coefficient (Wildman–Crippen LogP) is 2.90. The van der Waals surface area contributed by atoms with Gasteiger partial charge in [-0.3, -0.25) is 14.6 Å². The predicted molar refractivity (Wildman–Crippen MR) is 83.7 cm³/mol. The summed E-state index contributed by atoms with van der Waals surface area (Å²) in [6, 6.07) is 6.87. The van der Waals surface area contributed by atoms with Gasteiger partial charge in [-0.25, -0.2) is 0 Å². The van der Waals surface area contributed by atoms with Gasteiger partial charge < -0.3 is 9.55 Å². The first-order valence-corrected chi connectivity index (χ1v) is 6.92. The summed E-state index contributed by atoms with van der Waals surface area (Å²) in [5.74, 6) is 0. The second kappa shape index (κ2) is 5.31. The van der Waals surface area contributed by atoms with Gasteiger partial charge in [0.2, 0.25) is 0 Å². The Labute approximate surface area is 129 Å². The van der Waals surface area contributed by atoms with Crippen LogP contribution in [-0.4, -0.2) is 20.8 Å². The maximum absolute atomic E-state index is 11.8. The van der Waals surface area contributed by atoms with Crippen molar-refractivity contribution in [3.8, 4) is 0 Å². The molecule has 0 radical (unpaired) electrons. The van der Waals surface area contributed by atoms with E-state index >= 15 is 0 Å². The lowest BCUT2D eigenvalue weighted by Gasteiger charge is -2.10. The summed E-state index contributed by atoms with van der Waals surface area (Å²) in [4.78, 5) is 28.4. The second-order valence-corrected chi connectivity index (χ2v) is 5.37. The van der Waals surface area contributed by atoms with E-state index in [1.165, 1.54) is 0 Å². The molecule has 5 nitrogen and oxygen atoms in total. The maximum Gasteiger partial charge on any atom is 0.276 e. The second-order valence-electron chi connectivity index (χ2n) is 4.54. The van der Waals surface area contributed by atoms with Crippen LogP contribution < -0.4 is 5.56 Å². The molecule has 2 heterocycles. The number of hydrogen-bond acceptors (Lipinski definition) is 3. The SMILES string of the molecule is O=Cc1cc(Cl)ccc1Cn1c(=S)[nH]c(=O)c2[nH]ccc21. The number of aromatic amines is 2. The van der Waals surface area contributed by atoms with Crippen molar-refractivity contribution in [1.29, 1.82) is 0 Å². The average Bonchev–Trinajstić information content (AvgIpc) is 2.94. The van der Waals surface area contributed by atoms with Crippen LogP contribution in [0, 0.1) is 4.77 Å². The van der Waals surface area contributed by atoms with Gasteiger partial charge >= 0.3 is 0 Å². The average molecular weight is 320 g/mol. The third kappa shape index (κ3) is 2.43. The van der Waals surface area contributed by atoms with Crippen molar-refractivity contribution in [3.63, 3.8) is 0 Å². The normalized spacial score (nSPS) is 10.9. The lowest BCUT2D eigenvalue weighted by atomic mass is 10.1. The van der Waals surface area contributed by atoms with Crippen LogP contribution >= 0.6 is 23.8 Å². The van der Waals surface area contributed by atoms with Gasteiger partial charge in [0.1, 0.15) is 11.8 Å². The molecule has 0 unspecified atom stereocenters. The number of aldehydes is 1. The summed E-state index contributed by atoms with van der Waals surface area (Å²) in [5.41, 5.74) is 2.16. The highest BCUT2D eigenvalue weighted by Crippen LogP contribution is 2.17. The molecule has 21 heavy (non-hydrogen) atoms. The smallest absolute Gasteiger partial charge is 0.276 e. The van der Waals surface area contributed by atoms with E-state index in [1.54, 1.807) is 35.0 Å². The molecule has 7 heteroatoms. The Hall–Kier alpha value is -2.18. The van der Waals surface area contributed by atoms with Crippen molar-refractivity contribution in [2.75, 3.05) is 0 Å². The highest BCUT2D eigenvalue weighted by molar-refractivity contribution is 7.71. The Bertz CT molecular complexity index is 955. The van der Waals surface area contributed by atoms with Gasteiger partial charge in [-0.15, -0.1) is 0 Å². The molecule has 1 aromatic carbocycles. The van der Waals surface area contributed by atoms with E-state index in [0.29, 0.717) is 32.9 Å². The van der Waals surface area contributed by atoms with Crippen molar-refractivity contribution < 1.29 is 4.79 Å². The van der Waals surface area contributed by atoms with Crippen molar-refractivity contribution in [3.05, 3.63) is 61.7 Å². The number of nitrogens with zero attached hydrogens (tertiary/aromatic N) is 1. The van der Waals surface area contributed by atoms with Crippen LogP contribution in [0.4, 0.5) is 0 Å². The van der Waals surface area contributed by atoms with Gasteiger partial charge in [-0.2, -0.15) is 0 Å².